The van der Waals surface area contributed by atoms with Crippen LogP contribution in [0.1, 0.15) is 39.2 Å². The Balaban J connectivity index is 2.66. The van der Waals surface area contributed by atoms with Crippen molar-refractivity contribution in [1.82, 2.24) is 9.80 Å². The molecule has 1 amide bonds. The van der Waals surface area contributed by atoms with Gasteiger partial charge in [0.15, 0.2) is 0 Å². The minimum atomic E-state index is -2.84. The molecule has 4 nitrogen and oxygen atoms in total. The van der Waals surface area contributed by atoms with E-state index in [9.17, 15) is 13.6 Å². The lowest BCUT2D eigenvalue weighted by molar-refractivity contribution is -0.126. The fourth-order valence-corrected chi connectivity index (χ4v) is 2.52. The third kappa shape index (κ3) is 8.43. The van der Waals surface area contributed by atoms with Crippen LogP contribution in [0.3, 0.4) is 0 Å². The van der Waals surface area contributed by atoms with Crippen LogP contribution >= 0.6 is 0 Å². The molecule has 0 saturated heterocycles. The number of unbranched alkanes of at least 4 members (excludes halogenated alkanes) is 1. The molecular weight excluding hydrogens is 338 g/mol. The van der Waals surface area contributed by atoms with Gasteiger partial charge < -0.3 is 14.5 Å². The van der Waals surface area contributed by atoms with Crippen LogP contribution in [0.15, 0.2) is 30.3 Å². The van der Waals surface area contributed by atoms with Gasteiger partial charge in [-0.3, -0.25) is 4.79 Å². The van der Waals surface area contributed by atoms with Gasteiger partial charge in [-0.2, -0.15) is 8.78 Å². The Morgan fingerprint density at radius 1 is 1.08 bits per heavy atom. The van der Waals surface area contributed by atoms with Gasteiger partial charge in [-0.1, -0.05) is 39.3 Å². The highest BCUT2D eigenvalue weighted by atomic mass is 19.3. The van der Waals surface area contributed by atoms with Gasteiger partial charge in [0.1, 0.15) is 5.75 Å². The summed E-state index contributed by atoms with van der Waals surface area (Å²) in [6, 6.07) is 6.22. The number of carbonyl (C=O) groups excluding carboxylic acids is 1. The van der Waals surface area contributed by atoms with Crippen LogP contribution in [0.5, 0.6) is 5.75 Å². The van der Waals surface area contributed by atoms with E-state index in [4.69, 9.17) is 0 Å². The molecule has 0 heterocycles. The van der Waals surface area contributed by atoms with Gasteiger partial charge >= 0.3 is 6.61 Å². The Hall–Kier alpha value is -1.95. The fraction of sp³-hybridized carbons (Fsp3) is 0.550. The number of benzene rings is 1. The van der Waals surface area contributed by atoms with Crippen molar-refractivity contribution in [2.24, 2.45) is 0 Å². The van der Waals surface area contributed by atoms with E-state index in [1.54, 1.807) is 24.3 Å². The summed E-state index contributed by atoms with van der Waals surface area (Å²) < 4.78 is 28.6. The zero-order chi connectivity index (χ0) is 19.4. The lowest BCUT2D eigenvalue weighted by Gasteiger charge is -2.25. The van der Waals surface area contributed by atoms with E-state index in [1.807, 2.05) is 4.90 Å². The zero-order valence-electron chi connectivity index (χ0n) is 16.0. The number of nitrogens with zero attached hydrogens (tertiary/aromatic N) is 2. The van der Waals surface area contributed by atoms with Crippen molar-refractivity contribution in [1.29, 1.82) is 0 Å². The van der Waals surface area contributed by atoms with Crippen LogP contribution in [0.25, 0.3) is 6.08 Å². The molecule has 1 aromatic rings. The first-order chi connectivity index (χ1) is 12.5. The average Bonchev–Trinajstić information content (AvgIpc) is 2.63. The third-order valence-electron chi connectivity index (χ3n) is 4.20. The summed E-state index contributed by atoms with van der Waals surface area (Å²) in [5, 5.41) is 0. The number of alkyl halides is 2. The predicted molar refractivity (Wildman–Crippen MR) is 101 cm³/mol. The number of carbonyl (C=O) groups is 1. The summed E-state index contributed by atoms with van der Waals surface area (Å²) in [5.74, 6) is 0.0748. The lowest BCUT2D eigenvalue weighted by atomic mass is 10.2. The molecule has 0 radical (unpaired) electrons. The van der Waals surface area contributed by atoms with Crippen molar-refractivity contribution in [3.8, 4) is 5.75 Å². The molecule has 0 aliphatic carbocycles. The minimum Gasteiger partial charge on any atom is -0.435 e. The fourth-order valence-electron chi connectivity index (χ4n) is 2.52. The smallest absolute Gasteiger partial charge is 0.387 e. The Bertz CT molecular complexity index is 543. The van der Waals surface area contributed by atoms with Crippen LogP contribution in [-0.2, 0) is 4.79 Å². The molecule has 0 atom stereocenters. The number of halogens is 2. The van der Waals surface area contributed by atoms with Crippen LogP contribution < -0.4 is 4.74 Å². The molecule has 1 rings (SSSR count). The van der Waals surface area contributed by atoms with Crippen molar-refractivity contribution in [2.45, 2.75) is 40.2 Å². The number of likely N-dealkylation sites (N-methyl/N-ethyl adjacent to an activating group) is 1. The van der Waals surface area contributed by atoms with Crippen LogP contribution in [0, 0.1) is 0 Å². The second kappa shape index (κ2) is 12.4. The van der Waals surface area contributed by atoms with Gasteiger partial charge in [0.05, 0.1) is 0 Å². The first kappa shape index (κ1) is 22.1. The van der Waals surface area contributed by atoms with E-state index in [2.05, 4.69) is 30.4 Å². The molecule has 0 aromatic heterocycles. The molecule has 0 spiro atoms. The molecule has 0 saturated carbocycles. The highest BCUT2D eigenvalue weighted by Crippen LogP contribution is 2.15. The van der Waals surface area contributed by atoms with Crippen molar-refractivity contribution >= 4 is 12.0 Å². The van der Waals surface area contributed by atoms with Crippen LogP contribution in [0.2, 0.25) is 0 Å². The number of hydrogen-bond donors (Lipinski definition) is 0. The summed E-state index contributed by atoms with van der Waals surface area (Å²) in [6.45, 7) is 7.72. The SMILES string of the molecule is CCCCN(CCN(CC)CC)C(=O)/C=C/c1ccc(OC(F)F)cc1. The second-order valence-electron chi connectivity index (χ2n) is 5.99. The molecule has 146 valence electrons. The average molecular weight is 368 g/mol. The van der Waals surface area contributed by atoms with E-state index < -0.39 is 6.61 Å². The van der Waals surface area contributed by atoms with Gasteiger partial charge in [-0.15, -0.1) is 0 Å². The minimum absolute atomic E-state index is 0.0292. The molecule has 0 aliphatic heterocycles. The van der Waals surface area contributed by atoms with Gasteiger partial charge in [0.25, 0.3) is 0 Å². The molecule has 6 heteroatoms. The molecule has 0 fully saturated rings. The van der Waals surface area contributed by atoms with E-state index >= 15 is 0 Å². The highest BCUT2D eigenvalue weighted by Gasteiger charge is 2.11. The van der Waals surface area contributed by atoms with Gasteiger partial charge in [-0.05, 0) is 43.3 Å². The molecule has 0 aliphatic rings. The molecular formula is C20H30F2N2O2. The zero-order valence-corrected chi connectivity index (χ0v) is 16.0. The molecule has 0 bridgehead atoms. The van der Waals surface area contributed by atoms with Crippen LogP contribution in [-0.4, -0.2) is 55.0 Å². The molecule has 26 heavy (non-hydrogen) atoms. The van der Waals surface area contributed by atoms with E-state index in [1.165, 1.54) is 12.1 Å². The monoisotopic (exact) mass is 368 g/mol. The molecule has 0 unspecified atom stereocenters. The number of ether oxygens (including phenoxy) is 1. The van der Waals surface area contributed by atoms with Crippen molar-refractivity contribution in [2.75, 3.05) is 32.7 Å². The third-order valence-corrected chi connectivity index (χ3v) is 4.20. The quantitative estimate of drug-likeness (QED) is 0.517. The van der Waals surface area contributed by atoms with Gasteiger partial charge in [0.2, 0.25) is 5.91 Å². The normalized spacial score (nSPS) is 11.5. The standard InChI is InChI=1S/C20H30F2N2O2/c1-4-7-14-24(16-15-23(5-2)6-3)19(25)13-10-17-8-11-18(12-9-17)26-20(21)22/h8-13,20H,4-7,14-16H2,1-3H3/b13-10+. The van der Waals surface area contributed by atoms with E-state index in [0.29, 0.717) is 6.54 Å². The van der Waals surface area contributed by atoms with E-state index in [0.717, 1.165) is 44.6 Å². The van der Waals surface area contributed by atoms with E-state index in [-0.39, 0.29) is 11.7 Å². The molecule has 1 aromatic carbocycles. The maximum atomic E-state index is 12.5. The largest absolute Gasteiger partial charge is 0.435 e. The van der Waals surface area contributed by atoms with Gasteiger partial charge in [0, 0.05) is 25.7 Å². The maximum Gasteiger partial charge on any atom is 0.387 e. The topological polar surface area (TPSA) is 32.8 Å². The summed E-state index contributed by atoms with van der Waals surface area (Å²) >= 11 is 0. The summed E-state index contributed by atoms with van der Waals surface area (Å²) in [7, 11) is 0. The number of hydrogen-bond acceptors (Lipinski definition) is 3. The highest BCUT2D eigenvalue weighted by molar-refractivity contribution is 5.91. The second-order valence-corrected chi connectivity index (χ2v) is 5.99. The van der Waals surface area contributed by atoms with Crippen molar-refractivity contribution in [3.63, 3.8) is 0 Å². The predicted octanol–water partition coefficient (Wildman–Crippen LogP) is 4.27. The summed E-state index contributed by atoms with van der Waals surface area (Å²) in [5.41, 5.74) is 0.763. The summed E-state index contributed by atoms with van der Waals surface area (Å²) in [6.07, 6.45) is 5.24. The Labute approximate surface area is 155 Å². The maximum absolute atomic E-state index is 12.5. The Morgan fingerprint density at radius 3 is 2.27 bits per heavy atom. The van der Waals surface area contributed by atoms with Gasteiger partial charge in [-0.25, -0.2) is 0 Å². The van der Waals surface area contributed by atoms with Crippen molar-refractivity contribution < 1.29 is 18.3 Å². The lowest BCUT2D eigenvalue weighted by Crippen LogP contribution is -2.38. The number of amides is 1. The van der Waals surface area contributed by atoms with Crippen LogP contribution in [0.4, 0.5) is 8.78 Å². The Morgan fingerprint density at radius 2 is 1.73 bits per heavy atom. The number of rotatable bonds is 12. The first-order valence-corrected chi connectivity index (χ1v) is 9.24. The summed E-state index contributed by atoms with van der Waals surface area (Å²) in [4.78, 5) is 16.7. The first-order valence-electron chi connectivity index (χ1n) is 9.24. The Kier molecular flexibility index (Phi) is 10.5. The van der Waals surface area contributed by atoms with Crippen molar-refractivity contribution in [3.05, 3.63) is 35.9 Å². The molecule has 0 N–H and O–H groups in total.